The second kappa shape index (κ2) is 12.0. The van der Waals surface area contributed by atoms with Gasteiger partial charge in [0.25, 0.3) is 0 Å². The summed E-state index contributed by atoms with van der Waals surface area (Å²) >= 11 is 0. The maximum atomic E-state index is 13.7. The van der Waals surface area contributed by atoms with E-state index in [0.717, 1.165) is 11.1 Å². The Morgan fingerprint density at radius 3 is 1.38 bits per heavy atom. The van der Waals surface area contributed by atoms with Crippen LogP contribution in [0.4, 0.5) is 4.79 Å². The van der Waals surface area contributed by atoms with E-state index < -0.39 is 24.3 Å². The summed E-state index contributed by atoms with van der Waals surface area (Å²) in [6.45, 7) is 0.379. The van der Waals surface area contributed by atoms with Crippen molar-refractivity contribution in [2.45, 2.75) is 50.0 Å². The van der Waals surface area contributed by atoms with E-state index in [2.05, 4.69) is 0 Å². The topological polar surface area (TPSA) is 104 Å². The van der Waals surface area contributed by atoms with E-state index in [0.29, 0.717) is 25.7 Å². The van der Waals surface area contributed by atoms with Crippen LogP contribution in [-0.2, 0) is 12.8 Å². The number of aliphatic hydroxyl groups is 4. The Morgan fingerprint density at radius 1 is 0.656 bits per heavy atom. The van der Waals surface area contributed by atoms with Gasteiger partial charge < -0.3 is 30.2 Å². The molecule has 32 heavy (non-hydrogen) atoms. The van der Waals surface area contributed by atoms with Crippen LogP contribution in [0.15, 0.2) is 60.7 Å². The van der Waals surface area contributed by atoms with Crippen LogP contribution in [0, 0.1) is 0 Å². The SMILES string of the molecule is O=C1N(CCCO)[C@H](Cc2ccccc2)[C@H](O)[C@@H](O)[C@@H](Cc2ccccc2)N1CCCO. The Hall–Kier alpha value is -2.45. The lowest BCUT2D eigenvalue weighted by Crippen LogP contribution is -2.51. The zero-order chi connectivity index (χ0) is 22.9. The third-order valence-electron chi connectivity index (χ3n) is 6.12. The van der Waals surface area contributed by atoms with Crippen molar-refractivity contribution in [1.82, 2.24) is 9.80 Å². The molecular formula is C25H34N2O5. The molecule has 0 saturated carbocycles. The third kappa shape index (κ3) is 5.86. The molecule has 1 heterocycles. The Labute approximate surface area is 189 Å². The molecule has 0 spiro atoms. The lowest BCUT2D eigenvalue weighted by Gasteiger charge is -2.35. The monoisotopic (exact) mass is 442 g/mol. The lowest BCUT2D eigenvalue weighted by molar-refractivity contribution is -0.0400. The van der Waals surface area contributed by atoms with Crippen molar-refractivity contribution in [3.8, 4) is 0 Å². The molecule has 2 aromatic rings. The van der Waals surface area contributed by atoms with E-state index in [1.54, 1.807) is 9.80 Å². The van der Waals surface area contributed by atoms with Gasteiger partial charge in [0.2, 0.25) is 0 Å². The van der Waals surface area contributed by atoms with Crippen molar-refractivity contribution in [3.05, 3.63) is 71.8 Å². The lowest BCUT2D eigenvalue weighted by atomic mass is 9.91. The highest BCUT2D eigenvalue weighted by molar-refractivity contribution is 5.76. The Morgan fingerprint density at radius 2 is 1.03 bits per heavy atom. The molecule has 7 nitrogen and oxygen atoms in total. The van der Waals surface area contributed by atoms with Crippen molar-refractivity contribution >= 4 is 6.03 Å². The first-order valence-electron chi connectivity index (χ1n) is 11.3. The number of hydrogen-bond donors (Lipinski definition) is 4. The largest absolute Gasteiger partial charge is 0.396 e. The van der Waals surface area contributed by atoms with Gasteiger partial charge in [0.1, 0.15) is 12.2 Å². The standard InChI is InChI=1S/C25H34N2O5/c28-15-7-13-26-21(17-19-9-3-1-4-10-19)23(30)24(31)22(18-20-11-5-2-6-12-20)27(25(26)32)14-8-16-29/h1-6,9-12,21-24,28-31H,7-8,13-18H2/t21-,22-,23+,24+/m1/s1. The molecule has 0 bridgehead atoms. The number of rotatable bonds is 10. The van der Waals surface area contributed by atoms with E-state index in [-0.39, 0.29) is 32.3 Å². The normalized spacial score (nSPS) is 23.9. The van der Waals surface area contributed by atoms with E-state index in [4.69, 9.17) is 0 Å². The van der Waals surface area contributed by atoms with Crippen LogP contribution >= 0.6 is 0 Å². The highest BCUT2D eigenvalue weighted by Gasteiger charge is 2.45. The first-order valence-corrected chi connectivity index (χ1v) is 11.3. The fourth-order valence-electron chi connectivity index (χ4n) is 4.45. The molecule has 4 N–H and O–H groups in total. The molecule has 0 unspecified atom stereocenters. The van der Waals surface area contributed by atoms with Crippen molar-refractivity contribution in [3.63, 3.8) is 0 Å². The molecule has 1 aliphatic heterocycles. The summed E-state index contributed by atoms with van der Waals surface area (Å²) in [6, 6.07) is 17.6. The number of carbonyl (C=O) groups excluding carboxylic acids is 1. The molecule has 1 fully saturated rings. The molecule has 1 aliphatic rings. The average Bonchev–Trinajstić information content (AvgIpc) is 2.88. The highest BCUT2D eigenvalue weighted by atomic mass is 16.3. The van der Waals surface area contributed by atoms with Crippen molar-refractivity contribution in [1.29, 1.82) is 0 Å². The zero-order valence-corrected chi connectivity index (χ0v) is 18.3. The minimum Gasteiger partial charge on any atom is -0.396 e. The average molecular weight is 443 g/mol. The van der Waals surface area contributed by atoms with Gasteiger partial charge in [-0.3, -0.25) is 0 Å². The Kier molecular flexibility index (Phi) is 9.05. The van der Waals surface area contributed by atoms with Crippen LogP contribution in [0.2, 0.25) is 0 Å². The van der Waals surface area contributed by atoms with Gasteiger partial charge in [0, 0.05) is 26.3 Å². The predicted octanol–water partition coefficient (Wildman–Crippen LogP) is 1.43. The van der Waals surface area contributed by atoms with Gasteiger partial charge in [0.05, 0.1) is 12.1 Å². The van der Waals surface area contributed by atoms with Crippen LogP contribution in [0.25, 0.3) is 0 Å². The molecular weight excluding hydrogens is 408 g/mol. The smallest absolute Gasteiger partial charge is 0.320 e. The molecule has 1 saturated heterocycles. The highest BCUT2D eigenvalue weighted by Crippen LogP contribution is 2.27. The van der Waals surface area contributed by atoms with Crippen LogP contribution in [0.3, 0.4) is 0 Å². The number of amides is 2. The first kappa shape index (κ1) is 24.2. The van der Waals surface area contributed by atoms with Gasteiger partial charge in [-0.25, -0.2) is 4.79 Å². The van der Waals surface area contributed by atoms with E-state index in [1.165, 1.54) is 0 Å². The van der Waals surface area contributed by atoms with Crippen molar-refractivity contribution in [2.24, 2.45) is 0 Å². The van der Waals surface area contributed by atoms with Gasteiger partial charge >= 0.3 is 6.03 Å². The third-order valence-corrected chi connectivity index (χ3v) is 6.12. The molecule has 7 heteroatoms. The van der Waals surface area contributed by atoms with Crippen LogP contribution in [0.1, 0.15) is 24.0 Å². The molecule has 2 amide bonds. The van der Waals surface area contributed by atoms with Crippen LogP contribution in [-0.4, -0.2) is 86.9 Å². The van der Waals surface area contributed by atoms with Crippen molar-refractivity contribution < 1.29 is 25.2 Å². The van der Waals surface area contributed by atoms with Crippen molar-refractivity contribution in [2.75, 3.05) is 26.3 Å². The minimum absolute atomic E-state index is 0.0788. The summed E-state index contributed by atoms with van der Waals surface area (Å²) in [6.07, 6.45) is -0.797. The maximum absolute atomic E-state index is 13.7. The maximum Gasteiger partial charge on any atom is 0.320 e. The Balaban J connectivity index is 1.97. The summed E-state index contributed by atoms with van der Waals surface area (Å²) in [5.74, 6) is 0. The number of urea groups is 1. The van der Waals surface area contributed by atoms with Gasteiger partial charge in [-0.15, -0.1) is 0 Å². The molecule has 3 rings (SSSR count). The van der Waals surface area contributed by atoms with E-state index in [9.17, 15) is 25.2 Å². The van der Waals surface area contributed by atoms with E-state index in [1.807, 2.05) is 60.7 Å². The summed E-state index contributed by atoms with van der Waals surface area (Å²) in [7, 11) is 0. The van der Waals surface area contributed by atoms with Gasteiger partial charge in [-0.1, -0.05) is 60.7 Å². The zero-order valence-electron chi connectivity index (χ0n) is 18.3. The van der Waals surface area contributed by atoms with Gasteiger partial charge in [0.15, 0.2) is 0 Å². The second-order valence-corrected chi connectivity index (χ2v) is 8.32. The predicted molar refractivity (Wildman–Crippen MR) is 122 cm³/mol. The summed E-state index contributed by atoms with van der Waals surface area (Å²) < 4.78 is 0. The molecule has 4 atom stereocenters. The molecule has 0 aliphatic carbocycles. The summed E-state index contributed by atoms with van der Waals surface area (Å²) in [5, 5.41) is 41.4. The number of carbonyl (C=O) groups is 1. The number of benzene rings is 2. The summed E-state index contributed by atoms with van der Waals surface area (Å²) in [5.41, 5.74) is 1.91. The van der Waals surface area contributed by atoms with Gasteiger partial charge in [-0.05, 0) is 36.8 Å². The number of hydrogen-bond acceptors (Lipinski definition) is 5. The minimum atomic E-state index is -1.16. The summed E-state index contributed by atoms with van der Waals surface area (Å²) in [4.78, 5) is 16.9. The molecule has 2 aromatic carbocycles. The van der Waals surface area contributed by atoms with Crippen LogP contribution in [0.5, 0.6) is 0 Å². The molecule has 0 radical (unpaired) electrons. The quantitative estimate of drug-likeness (QED) is 0.446. The van der Waals surface area contributed by atoms with E-state index >= 15 is 0 Å². The fraction of sp³-hybridized carbons (Fsp3) is 0.480. The molecule has 0 aromatic heterocycles. The molecule has 174 valence electrons. The number of aliphatic hydroxyl groups excluding tert-OH is 4. The second-order valence-electron chi connectivity index (χ2n) is 8.32. The van der Waals surface area contributed by atoms with Gasteiger partial charge in [-0.2, -0.15) is 0 Å². The Bertz CT molecular complexity index is 752. The van der Waals surface area contributed by atoms with Crippen LogP contribution < -0.4 is 0 Å². The number of nitrogens with zero attached hydrogens (tertiary/aromatic N) is 2. The first-order chi connectivity index (χ1) is 15.6. The fourth-order valence-corrected chi connectivity index (χ4v) is 4.45.